The molecule has 0 aromatic heterocycles. The van der Waals surface area contributed by atoms with Crippen molar-refractivity contribution in [3.05, 3.63) is 0 Å². The lowest BCUT2D eigenvalue weighted by molar-refractivity contribution is -0.145. The third-order valence-corrected chi connectivity index (χ3v) is 3.86. The average Bonchev–Trinajstić information content (AvgIpc) is 2.60. The predicted molar refractivity (Wildman–Crippen MR) is 54.2 cm³/mol. The van der Waals surface area contributed by atoms with Crippen LogP contribution in [0.3, 0.4) is 0 Å². The molecule has 0 radical (unpaired) electrons. The van der Waals surface area contributed by atoms with Crippen LogP contribution in [0.15, 0.2) is 0 Å². The number of aliphatic carboxylic acids is 1. The van der Waals surface area contributed by atoms with Gasteiger partial charge in [0.2, 0.25) is 5.91 Å². The summed E-state index contributed by atoms with van der Waals surface area (Å²) in [5, 5.41) is 9.11. The van der Waals surface area contributed by atoms with E-state index in [1.165, 1.54) is 0 Å². The van der Waals surface area contributed by atoms with Gasteiger partial charge in [0.25, 0.3) is 0 Å². The fourth-order valence-electron chi connectivity index (χ4n) is 3.04. The van der Waals surface area contributed by atoms with Crippen molar-refractivity contribution in [3.63, 3.8) is 0 Å². The first-order valence-electron chi connectivity index (χ1n) is 5.58. The van der Waals surface area contributed by atoms with Crippen LogP contribution in [-0.4, -0.2) is 35.0 Å². The van der Waals surface area contributed by atoms with Gasteiger partial charge >= 0.3 is 5.97 Å². The van der Waals surface area contributed by atoms with Gasteiger partial charge in [0.15, 0.2) is 0 Å². The van der Waals surface area contributed by atoms with Gasteiger partial charge in [-0.25, -0.2) is 0 Å². The highest BCUT2D eigenvalue weighted by molar-refractivity contribution is 5.74. The number of carbonyl (C=O) groups excluding carboxylic acids is 1. The maximum absolute atomic E-state index is 11.2. The van der Waals surface area contributed by atoms with E-state index in [1.54, 1.807) is 11.8 Å². The highest BCUT2D eigenvalue weighted by atomic mass is 16.4. The fraction of sp³-hybridized carbons (Fsp3) is 0.818. The minimum Gasteiger partial charge on any atom is -0.481 e. The standard InChI is InChI=1S/C11H17NO3/c1-7(13)12-5-8-3-2-4-9(11(14)15)10(8)6-12/h8-10H,2-6H2,1H3,(H,14,15). The second-order valence-electron chi connectivity index (χ2n) is 4.72. The number of hydrogen-bond acceptors (Lipinski definition) is 2. The zero-order chi connectivity index (χ0) is 11.0. The summed E-state index contributed by atoms with van der Waals surface area (Å²) < 4.78 is 0. The van der Waals surface area contributed by atoms with Gasteiger partial charge in [0, 0.05) is 20.0 Å². The number of rotatable bonds is 1. The molecule has 4 nitrogen and oxygen atoms in total. The summed E-state index contributed by atoms with van der Waals surface area (Å²) in [6.07, 6.45) is 2.85. The molecule has 3 atom stereocenters. The van der Waals surface area contributed by atoms with Crippen molar-refractivity contribution < 1.29 is 14.7 Å². The van der Waals surface area contributed by atoms with Crippen molar-refractivity contribution in [2.45, 2.75) is 26.2 Å². The summed E-state index contributed by atoms with van der Waals surface area (Å²) in [6.45, 7) is 2.98. The van der Waals surface area contributed by atoms with E-state index >= 15 is 0 Å². The van der Waals surface area contributed by atoms with Gasteiger partial charge in [-0.15, -0.1) is 0 Å². The van der Waals surface area contributed by atoms with Crippen molar-refractivity contribution in [3.8, 4) is 0 Å². The van der Waals surface area contributed by atoms with Gasteiger partial charge < -0.3 is 10.0 Å². The normalized spacial score (nSPS) is 35.0. The molecule has 4 heteroatoms. The first kappa shape index (κ1) is 10.5. The van der Waals surface area contributed by atoms with E-state index in [1.807, 2.05) is 0 Å². The largest absolute Gasteiger partial charge is 0.481 e. The van der Waals surface area contributed by atoms with E-state index in [-0.39, 0.29) is 17.7 Å². The maximum atomic E-state index is 11.2. The molecule has 1 saturated heterocycles. The first-order valence-corrected chi connectivity index (χ1v) is 5.58. The lowest BCUT2D eigenvalue weighted by atomic mass is 9.74. The minimum atomic E-state index is -0.685. The van der Waals surface area contributed by atoms with Crippen LogP contribution in [0.4, 0.5) is 0 Å². The molecule has 1 aliphatic heterocycles. The van der Waals surface area contributed by atoms with Gasteiger partial charge in [-0.1, -0.05) is 6.42 Å². The molecule has 1 N–H and O–H groups in total. The van der Waals surface area contributed by atoms with Crippen LogP contribution in [0.5, 0.6) is 0 Å². The number of carbonyl (C=O) groups is 2. The number of likely N-dealkylation sites (tertiary alicyclic amines) is 1. The Bertz CT molecular complexity index is 290. The predicted octanol–water partition coefficient (Wildman–Crippen LogP) is 0.966. The monoisotopic (exact) mass is 211 g/mol. The van der Waals surface area contributed by atoms with Crippen molar-refractivity contribution in [1.82, 2.24) is 4.90 Å². The molecule has 0 aromatic carbocycles. The number of amides is 1. The van der Waals surface area contributed by atoms with Crippen LogP contribution in [0, 0.1) is 17.8 Å². The van der Waals surface area contributed by atoms with Gasteiger partial charge in [0.05, 0.1) is 5.92 Å². The molecular weight excluding hydrogens is 194 g/mol. The van der Waals surface area contributed by atoms with E-state index in [9.17, 15) is 9.59 Å². The maximum Gasteiger partial charge on any atom is 0.306 e. The van der Waals surface area contributed by atoms with E-state index < -0.39 is 5.97 Å². The Morgan fingerprint density at radius 3 is 2.60 bits per heavy atom. The number of carboxylic acid groups (broad SMARTS) is 1. The Kier molecular flexibility index (Phi) is 2.67. The molecule has 84 valence electrons. The van der Waals surface area contributed by atoms with Gasteiger partial charge in [0.1, 0.15) is 0 Å². The summed E-state index contributed by atoms with van der Waals surface area (Å²) in [5.74, 6) is -0.222. The van der Waals surface area contributed by atoms with E-state index in [0.717, 1.165) is 25.8 Å². The van der Waals surface area contributed by atoms with Gasteiger partial charge in [-0.05, 0) is 24.7 Å². The third-order valence-electron chi connectivity index (χ3n) is 3.86. The molecule has 1 amide bonds. The van der Waals surface area contributed by atoms with Crippen LogP contribution in [0.1, 0.15) is 26.2 Å². The lowest BCUT2D eigenvalue weighted by Crippen LogP contribution is -2.33. The van der Waals surface area contributed by atoms with Gasteiger partial charge in [-0.3, -0.25) is 9.59 Å². The average molecular weight is 211 g/mol. The number of nitrogens with zero attached hydrogens (tertiary/aromatic N) is 1. The van der Waals surface area contributed by atoms with Crippen molar-refractivity contribution in [2.75, 3.05) is 13.1 Å². The van der Waals surface area contributed by atoms with Gasteiger partial charge in [-0.2, -0.15) is 0 Å². The molecule has 15 heavy (non-hydrogen) atoms. The molecule has 2 aliphatic rings. The van der Waals surface area contributed by atoms with Crippen LogP contribution in [0.2, 0.25) is 0 Å². The van der Waals surface area contributed by atoms with Crippen LogP contribution in [0.25, 0.3) is 0 Å². The molecule has 0 bridgehead atoms. The van der Waals surface area contributed by atoms with E-state index in [2.05, 4.69) is 0 Å². The highest BCUT2D eigenvalue weighted by Crippen LogP contribution is 2.40. The SMILES string of the molecule is CC(=O)N1CC2CCCC(C(=O)O)C2C1. The molecule has 2 fully saturated rings. The molecular formula is C11H17NO3. The van der Waals surface area contributed by atoms with Crippen LogP contribution < -0.4 is 0 Å². The second kappa shape index (κ2) is 3.83. The summed E-state index contributed by atoms with van der Waals surface area (Å²) in [6, 6.07) is 0. The minimum absolute atomic E-state index is 0.0774. The molecule has 2 rings (SSSR count). The molecule has 0 spiro atoms. The summed E-state index contributed by atoms with van der Waals surface area (Å²) in [4.78, 5) is 24.1. The van der Waals surface area contributed by atoms with E-state index in [0.29, 0.717) is 12.5 Å². The molecule has 0 aromatic rings. The topological polar surface area (TPSA) is 57.6 Å². The number of hydrogen-bond donors (Lipinski definition) is 1. The molecule has 1 saturated carbocycles. The summed E-state index contributed by atoms with van der Waals surface area (Å²) in [7, 11) is 0. The molecule has 3 unspecified atom stereocenters. The molecule has 1 aliphatic carbocycles. The zero-order valence-electron chi connectivity index (χ0n) is 8.98. The highest BCUT2D eigenvalue weighted by Gasteiger charge is 2.43. The molecule has 1 heterocycles. The van der Waals surface area contributed by atoms with Crippen LogP contribution in [-0.2, 0) is 9.59 Å². The van der Waals surface area contributed by atoms with Crippen LogP contribution >= 0.6 is 0 Å². The van der Waals surface area contributed by atoms with E-state index in [4.69, 9.17) is 5.11 Å². The summed E-state index contributed by atoms with van der Waals surface area (Å²) in [5.41, 5.74) is 0. The number of carboxylic acids is 1. The third kappa shape index (κ3) is 1.85. The second-order valence-corrected chi connectivity index (χ2v) is 4.72. The van der Waals surface area contributed by atoms with Crippen molar-refractivity contribution >= 4 is 11.9 Å². The number of fused-ring (bicyclic) bond motifs is 1. The Labute approximate surface area is 89.3 Å². The zero-order valence-corrected chi connectivity index (χ0v) is 8.98. The first-order chi connectivity index (χ1) is 7.09. The smallest absolute Gasteiger partial charge is 0.306 e. The Morgan fingerprint density at radius 2 is 2.00 bits per heavy atom. The fourth-order valence-corrected chi connectivity index (χ4v) is 3.04. The Balaban J connectivity index is 2.10. The quantitative estimate of drug-likeness (QED) is 0.703. The summed E-state index contributed by atoms with van der Waals surface area (Å²) >= 11 is 0. The Morgan fingerprint density at radius 1 is 1.27 bits per heavy atom. The lowest BCUT2D eigenvalue weighted by Gasteiger charge is -2.29. The van der Waals surface area contributed by atoms with Crippen molar-refractivity contribution in [1.29, 1.82) is 0 Å². The van der Waals surface area contributed by atoms with Crippen molar-refractivity contribution in [2.24, 2.45) is 17.8 Å². The Hall–Kier alpha value is -1.06.